The summed E-state index contributed by atoms with van der Waals surface area (Å²) in [7, 11) is 1.58. The molecule has 13 heavy (non-hydrogen) atoms. The summed E-state index contributed by atoms with van der Waals surface area (Å²) in [4.78, 5) is 24.5. The molecule has 0 radical (unpaired) electrons. The minimum atomic E-state index is -0.0949. The second-order valence-corrected chi connectivity index (χ2v) is 3.89. The molecule has 3 unspecified atom stereocenters. The number of carbonyl (C=O) groups is 2. The van der Waals surface area contributed by atoms with Crippen LogP contribution in [-0.2, 0) is 9.59 Å². The lowest BCUT2D eigenvalue weighted by atomic mass is 9.78. The van der Waals surface area contributed by atoms with Crippen LogP contribution in [0.4, 0.5) is 0 Å². The summed E-state index contributed by atoms with van der Waals surface area (Å²) in [5.74, 6) is 0.0122. The quantitative estimate of drug-likeness (QED) is 0.407. The molecule has 1 fully saturated rings. The largest absolute Gasteiger partial charge is 0.285 e. The lowest BCUT2D eigenvalue weighted by Gasteiger charge is -2.22. The van der Waals surface area contributed by atoms with Gasteiger partial charge < -0.3 is 0 Å². The Bertz CT molecular complexity index is 295. The highest BCUT2D eigenvalue weighted by Gasteiger charge is 2.48. The number of hydrogen-bond donors (Lipinski definition) is 0. The van der Waals surface area contributed by atoms with Crippen LogP contribution in [0.1, 0.15) is 13.3 Å². The summed E-state index contributed by atoms with van der Waals surface area (Å²) >= 11 is 0. The molecule has 0 aromatic carbocycles. The number of imide groups is 1. The van der Waals surface area contributed by atoms with Crippen molar-refractivity contribution in [2.75, 3.05) is 7.05 Å². The van der Waals surface area contributed by atoms with Crippen LogP contribution in [0.5, 0.6) is 0 Å². The third-order valence-corrected chi connectivity index (χ3v) is 3.09. The Morgan fingerprint density at radius 3 is 2.69 bits per heavy atom. The first-order valence-electron chi connectivity index (χ1n) is 4.61. The van der Waals surface area contributed by atoms with Crippen LogP contribution < -0.4 is 0 Å². The molecule has 3 heteroatoms. The molecular weight excluding hydrogens is 166 g/mol. The van der Waals surface area contributed by atoms with Crippen LogP contribution in [-0.4, -0.2) is 23.8 Å². The van der Waals surface area contributed by atoms with Crippen LogP contribution in [0.2, 0.25) is 0 Å². The van der Waals surface area contributed by atoms with Gasteiger partial charge in [0.2, 0.25) is 11.8 Å². The van der Waals surface area contributed by atoms with Crippen LogP contribution in [0.25, 0.3) is 0 Å². The minimum Gasteiger partial charge on any atom is -0.285 e. The molecule has 0 aromatic heterocycles. The Hall–Kier alpha value is -1.12. The van der Waals surface area contributed by atoms with E-state index in [0.29, 0.717) is 0 Å². The van der Waals surface area contributed by atoms with E-state index >= 15 is 0 Å². The summed E-state index contributed by atoms with van der Waals surface area (Å²) in [6, 6.07) is 0. The molecule has 1 saturated heterocycles. The van der Waals surface area contributed by atoms with Gasteiger partial charge in [-0.2, -0.15) is 0 Å². The lowest BCUT2D eigenvalue weighted by molar-refractivity contribution is -0.138. The lowest BCUT2D eigenvalue weighted by Crippen LogP contribution is -2.27. The number of fused-ring (bicyclic) bond motifs is 1. The second kappa shape index (κ2) is 2.69. The Morgan fingerprint density at radius 2 is 2.08 bits per heavy atom. The molecule has 2 aliphatic rings. The molecule has 1 aliphatic carbocycles. The molecular formula is C10H13NO2. The molecule has 3 atom stereocenters. The summed E-state index contributed by atoms with van der Waals surface area (Å²) < 4.78 is 0. The van der Waals surface area contributed by atoms with Gasteiger partial charge in [-0.3, -0.25) is 14.5 Å². The van der Waals surface area contributed by atoms with E-state index in [9.17, 15) is 9.59 Å². The minimum absolute atomic E-state index is 0.00755. The molecule has 2 amide bonds. The highest BCUT2D eigenvalue weighted by atomic mass is 16.2. The maximum Gasteiger partial charge on any atom is 0.233 e. The van der Waals surface area contributed by atoms with E-state index in [1.807, 2.05) is 19.1 Å². The first-order chi connectivity index (χ1) is 6.13. The molecule has 2 rings (SSSR count). The highest BCUT2D eigenvalue weighted by molar-refractivity contribution is 6.05. The maximum atomic E-state index is 11.6. The van der Waals surface area contributed by atoms with Gasteiger partial charge in [0.15, 0.2) is 0 Å². The number of allylic oxidation sites excluding steroid dienone is 2. The van der Waals surface area contributed by atoms with E-state index in [1.54, 1.807) is 7.05 Å². The van der Waals surface area contributed by atoms with E-state index in [4.69, 9.17) is 0 Å². The van der Waals surface area contributed by atoms with Gasteiger partial charge in [-0.05, 0) is 12.3 Å². The summed E-state index contributed by atoms with van der Waals surface area (Å²) in [6.07, 6.45) is 4.77. The van der Waals surface area contributed by atoms with Gasteiger partial charge in [-0.25, -0.2) is 0 Å². The zero-order chi connectivity index (χ0) is 9.59. The third-order valence-electron chi connectivity index (χ3n) is 3.09. The predicted octanol–water partition coefficient (Wildman–Crippen LogP) is 0.813. The normalized spacial score (nSPS) is 38.3. The summed E-state index contributed by atoms with van der Waals surface area (Å²) in [5.41, 5.74) is 0. The number of nitrogens with zero attached hydrogens (tertiary/aromatic N) is 1. The molecule has 0 bridgehead atoms. The topological polar surface area (TPSA) is 37.4 Å². The van der Waals surface area contributed by atoms with Crippen molar-refractivity contribution in [3.8, 4) is 0 Å². The van der Waals surface area contributed by atoms with Gasteiger partial charge in [-0.15, -0.1) is 0 Å². The van der Waals surface area contributed by atoms with Crippen molar-refractivity contribution in [3.63, 3.8) is 0 Å². The van der Waals surface area contributed by atoms with Crippen molar-refractivity contribution >= 4 is 11.8 Å². The van der Waals surface area contributed by atoms with Crippen molar-refractivity contribution in [1.29, 1.82) is 0 Å². The van der Waals surface area contributed by atoms with Gasteiger partial charge in [0.1, 0.15) is 0 Å². The van der Waals surface area contributed by atoms with Gasteiger partial charge in [0.05, 0.1) is 11.8 Å². The van der Waals surface area contributed by atoms with Gasteiger partial charge >= 0.3 is 0 Å². The van der Waals surface area contributed by atoms with E-state index < -0.39 is 0 Å². The van der Waals surface area contributed by atoms with Gasteiger partial charge in [0.25, 0.3) is 0 Å². The van der Waals surface area contributed by atoms with E-state index in [-0.39, 0.29) is 29.6 Å². The van der Waals surface area contributed by atoms with E-state index in [1.165, 1.54) is 4.90 Å². The molecule has 0 saturated carbocycles. The van der Waals surface area contributed by atoms with Crippen LogP contribution in [0, 0.1) is 17.8 Å². The Labute approximate surface area is 77.4 Å². The fourth-order valence-corrected chi connectivity index (χ4v) is 2.30. The van der Waals surface area contributed by atoms with Gasteiger partial charge in [-0.1, -0.05) is 19.1 Å². The molecule has 1 heterocycles. The molecule has 3 nitrogen and oxygen atoms in total. The first kappa shape index (κ1) is 8.48. The van der Waals surface area contributed by atoms with Gasteiger partial charge in [0, 0.05) is 7.05 Å². The van der Waals surface area contributed by atoms with E-state index in [0.717, 1.165) is 6.42 Å². The average molecular weight is 179 g/mol. The van der Waals surface area contributed by atoms with Crippen LogP contribution >= 0.6 is 0 Å². The van der Waals surface area contributed by atoms with Crippen LogP contribution in [0.15, 0.2) is 12.2 Å². The van der Waals surface area contributed by atoms with Crippen LogP contribution in [0.3, 0.4) is 0 Å². The SMILES string of the molecule is CC1C=CCC2C(=O)N(C)C(=O)C12. The first-order valence-corrected chi connectivity index (χ1v) is 4.61. The number of likely N-dealkylation sites (tertiary alicyclic amines) is 1. The van der Waals surface area contributed by atoms with Crippen molar-refractivity contribution < 1.29 is 9.59 Å². The zero-order valence-corrected chi connectivity index (χ0v) is 7.86. The fourth-order valence-electron chi connectivity index (χ4n) is 2.30. The number of carbonyl (C=O) groups excluding carboxylic acids is 2. The standard InChI is InChI=1S/C10H13NO2/c1-6-4-3-5-7-8(6)10(13)11(2)9(7)12/h3-4,6-8H,5H2,1-2H3. The fraction of sp³-hybridized carbons (Fsp3) is 0.600. The monoisotopic (exact) mass is 179 g/mol. The summed E-state index contributed by atoms with van der Waals surface area (Å²) in [5, 5.41) is 0. The molecule has 1 aliphatic heterocycles. The van der Waals surface area contributed by atoms with Crippen molar-refractivity contribution in [2.24, 2.45) is 17.8 Å². The third kappa shape index (κ3) is 1.03. The molecule has 0 aromatic rings. The Kier molecular flexibility index (Phi) is 1.75. The Balaban J connectivity index is 2.36. The van der Waals surface area contributed by atoms with Crippen molar-refractivity contribution in [1.82, 2.24) is 4.90 Å². The number of rotatable bonds is 0. The average Bonchev–Trinajstić information content (AvgIpc) is 2.33. The van der Waals surface area contributed by atoms with Crippen molar-refractivity contribution in [2.45, 2.75) is 13.3 Å². The second-order valence-electron chi connectivity index (χ2n) is 3.89. The molecule has 0 N–H and O–H groups in total. The Morgan fingerprint density at radius 1 is 1.38 bits per heavy atom. The number of amides is 2. The maximum absolute atomic E-state index is 11.6. The molecule has 0 spiro atoms. The summed E-state index contributed by atoms with van der Waals surface area (Å²) in [6.45, 7) is 2.00. The van der Waals surface area contributed by atoms with E-state index in [2.05, 4.69) is 0 Å². The predicted molar refractivity (Wildman–Crippen MR) is 47.7 cm³/mol. The number of hydrogen-bond acceptors (Lipinski definition) is 2. The van der Waals surface area contributed by atoms with Crippen molar-refractivity contribution in [3.05, 3.63) is 12.2 Å². The highest BCUT2D eigenvalue weighted by Crippen LogP contribution is 2.37. The smallest absolute Gasteiger partial charge is 0.233 e. The zero-order valence-electron chi connectivity index (χ0n) is 7.86. The molecule has 70 valence electrons.